The third-order valence-electron chi connectivity index (χ3n) is 4.09. The molecule has 3 atom stereocenters. The minimum absolute atomic E-state index is 0.388. The highest BCUT2D eigenvalue weighted by atomic mass is 16.3. The number of hydrogen-bond donors (Lipinski definition) is 2. The van der Waals surface area contributed by atoms with Crippen LogP contribution in [0.5, 0.6) is 0 Å². The van der Waals surface area contributed by atoms with Gasteiger partial charge < -0.3 is 10.4 Å². The Morgan fingerprint density at radius 2 is 2.37 bits per heavy atom. The predicted molar refractivity (Wildman–Crippen MR) is 75.5 cm³/mol. The molecule has 3 heteroatoms. The zero-order valence-corrected chi connectivity index (χ0v) is 11.5. The molecule has 3 unspecified atom stereocenters. The molecular formula is C16H22N2O. The Hall–Kier alpha value is -1.37. The van der Waals surface area contributed by atoms with Crippen LogP contribution in [-0.4, -0.2) is 17.7 Å². The van der Waals surface area contributed by atoms with Crippen molar-refractivity contribution in [3.05, 3.63) is 35.4 Å². The average Bonchev–Trinajstić information content (AvgIpc) is 2.47. The summed E-state index contributed by atoms with van der Waals surface area (Å²) in [5, 5.41) is 22.7. The van der Waals surface area contributed by atoms with E-state index in [0.717, 1.165) is 30.9 Å². The number of aliphatic hydroxyl groups excluding tert-OH is 1. The first-order valence-electron chi connectivity index (χ1n) is 7.14. The summed E-state index contributed by atoms with van der Waals surface area (Å²) in [6, 6.07) is 9.78. The van der Waals surface area contributed by atoms with Crippen molar-refractivity contribution in [3.8, 4) is 6.07 Å². The fourth-order valence-corrected chi connectivity index (χ4v) is 2.87. The Kier molecular flexibility index (Phi) is 4.95. The molecule has 2 rings (SSSR count). The molecule has 1 heterocycles. The number of nitrogens with zero attached hydrogens (tertiary/aromatic N) is 1. The van der Waals surface area contributed by atoms with Crippen LogP contribution < -0.4 is 5.32 Å². The number of aliphatic hydroxyl groups is 1. The molecule has 3 nitrogen and oxygen atoms in total. The van der Waals surface area contributed by atoms with E-state index in [1.54, 1.807) is 12.1 Å². The topological polar surface area (TPSA) is 56.0 Å². The van der Waals surface area contributed by atoms with E-state index in [2.05, 4.69) is 18.3 Å². The van der Waals surface area contributed by atoms with Crippen molar-refractivity contribution in [2.45, 2.75) is 44.8 Å². The Morgan fingerprint density at radius 1 is 1.53 bits per heavy atom. The molecule has 19 heavy (non-hydrogen) atoms. The fraction of sp³-hybridized carbons (Fsp3) is 0.562. The number of rotatable bonds is 4. The van der Waals surface area contributed by atoms with Gasteiger partial charge in [0.25, 0.3) is 0 Å². The fourth-order valence-electron chi connectivity index (χ4n) is 2.87. The van der Waals surface area contributed by atoms with Crippen LogP contribution in [0.3, 0.4) is 0 Å². The molecule has 1 aliphatic heterocycles. The molecule has 2 N–H and O–H groups in total. The van der Waals surface area contributed by atoms with Crippen molar-refractivity contribution in [1.29, 1.82) is 5.26 Å². The van der Waals surface area contributed by atoms with Crippen LogP contribution in [-0.2, 0) is 0 Å². The van der Waals surface area contributed by atoms with Crippen molar-refractivity contribution in [1.82, 2.24) is 5.32 Å². The summed E-state index contributed by atoms with van der Waals surface area (Å²) >= 11 is 0. The van der Waals surface area contributed by atoms with Crippen LogP contribution in [0.1, 0.15) is 49.8 Å². The normalized spacial score (nSPS) is 24.7. The van der Waals surface area contributed by atoms with Crippen molar-refractivity contribution in [3.63, 3.8) is 0 Å². The molecule has 0 amide bonds. The third-order valence-corrected chi connectivity index (χ3v) is 4.09. The lowest BCUT2D eigenvalue weighted by atomic mass is 9.87. The van der Waals surface area contributed by atoms with Gasteiger partial charge in [-0.2, -0.15) is 5.26 Å². The second-order valence-electron chi connectivity index (χ2n) is 5.44. The summed E-state index contributed by atoms with van der Waals surface area (Å²) in [7, 11) is 0. The standard InChI is InChI=1S/C16H22N2O/c1-2-12-6-7-18-15(9-12)10-16(19)14-5-3-4-13(8-14)11-17/h3-5,8,12,15-16,18-19H,2,6-7,9-10H2,1H3. The molecule has 1 aromatic rings. The summed E-state index contributed by atoms with van der Waals surface area (Å²) in [5.74, 6) is 0.781. The summed E-state index contributed by atoms with van der Waals surface area (Å²) in [4.78, 5) is 0. The zero-order chi connectivity index (χ0) is 13.7. The van der Waals surface area contributed by atoms with E-state index in [-0.39, 0.29) is 0 Å². The first-order valence-corrected chi connectivity index (χ1v) is 7.14. The van der Waals surface area contributed by atoms with E-state index in [0.29, 0.717) is 11.6 Å². The average molecular weight is 258 g/mol. The first kappa shape index (κ1) is 14.0. The lowest BCUT2D eigenvalue weighted by molar-refractivity contribution is 0.136. The first-order chi connectivity index (χ1) is 9.22. The van der Waals surface area contributed by atoms with Gasteiger partial charge in [0.05, 0.1) is 17.7 Å². The number of nitriles is 1. The van der Waals surface area contributed by atoms with Crippen LogP contribution >= 0.6 is 0 Å². The molecule has 0 aromatic heterocycles. The SMILES string of the molecule is CCC1CCNC(CC(O)c2cccc(C#N)c2)C1. The van der Waals surface area contributed by atoms with E-state index in [1.165, 1.54) is 12.8 Å². The Bertz CT molecular complexity index is 452. The molecule has 0 aliphatic carbocycles. The van der Waals surface area contributed by atoms with Crippen LogP contribution in [0, 0.1) is 17.2 Å². The van der Waals surface area contributed by atoms with Gasteiger partial charge in [0.15, 0.2) is 0 Å². The Labute approximate surface area is 115 Å². The number of hydrogen-bond acceptors (Lipinski definition) is 3. The van der Waals surface area contributed by atoms with Crippen molar-refractivity contribution < 1.29 is 5.11 Å². The molecule has 102 valence electrons. The number of benzene rings is 1. The minimum atomic E-state index is -0.485. The van der Waals surface area contributed by atoms with E-state index < -0.39 is 6.10 Å². The number of nitrogens with one attached hydrogen (secondary N) is 1. The molecule has 1 fully saturated rings. The smallest absolute Gasteiger partial charge is 0.0991 e. The lowest BCUT2D eigenvalue weighted by Crippen LogP contribution is -2.38. The second-order valence-corrected chi connectivity index (χ2v) is 5.44. The third kappa shape index (κ3) is 3.79. The second kappa shape index (κ2) is 6.70. The highest BCUT2D eigenvalue weighted by molar-refractivity contribution is 5.33. The molecule has 0 radical (unpaired) electrons. The van der Waals surface area contributed by atoms with Crippen LogP contribution in [0.25, 0.3) is 0 Å². The molecule has 0 saturated carbocycles. The van der Waals surface area contributed by atoms with Gasteiger partial charge in [0, 0.05) is 6.04 Å². The van der Waals surface area contributed by atoms with Gasteiger partial charge in [0.2, 0.25) is 0 Å². The predicted octanol–water partition coefficient (Wildman–Crippen LogP) is 2.76. The van der Waals surface area contributed by atoms with Gasteiger partial charge in [-0.15, -0.1) is 0 Å². The van der Waals surface area contributed by atoms with Gasteiger partial charge in [0.1, 0.15) is 0 Å². The van der Waals surface area contributed by atoms with E-state index >= 15 is 0 Å². The highest BCUT2D eigenvalue weighted by Crippen LogP contribution is 2.26. The minimum Gasteiger partial charge on any atom is -0.388 e. The summed E-state index contributed by atoms with van der Waals surface area (Å²) < 4.78 is 0. The van der Waals surface area contributed by atoms with Gasteiger partial charge in [-0.1, -0.05) is 25.5 Å². The van der Waals surface area contributed by atoms with E-state index in [9.17, 15) is 5.11 Å². The van der Waals surface area contributed by atoms with Crippen LogP contribution in [0.4, 0.5) is 0 Å². The monoisotopic (exact) mass is 258 g/mol. The highest BCUT2D eigenvalue weighted by Gasteiger charge is 2.23. The zero-order valence-electron chi connectivity index (χ0n) is 11.5. The molecule has 0 spiro atoms. The van der Waals surface area contributed by atoms with E-state index in [4.69, 9.17) is 5.26 Å². The Balaban J connectivity index is 1.96. The maximum atomic E-state index is 10.3. The maximum absolute atomic E-state index is 10.3. The maximum Gasteiger partial charge on any atom is 0.0991 e. The van der Waals surface area contributed by atoms with Crippen LogP contribution in [0.2, 0.25) is 0 Å². The summed E-state index contributed by atoms with van der Waals surface area (Å²) in [6.45, 7) is 3.29. The molecule has 1 aromatic carbocycles. The molecular weight excluding hydrogens is 236 g/mol. The largest absolute Gasteiger partial charge is 0.388 e. The van der Waals surface area contributed by atoms with Gasteiger partial charge in [-0.25, -0.2) is 0 Å². The quantitative estimate of drug-likeness (QED) is 0.873. The number of piperidine rings is 1. The summed E-state index contributed by atoms with van der Waals surface area (Å²) in [5.41, 5.74) is 1.46. The van der Waals surface area contributed by atoms with Crippen molar-refractivity contribution in [2.24, 2.45) is 5.92 Å². The molecule has 1 saturated heterocycles. The van der Waals surface area contributed by atoms with Crippen LogP contribution in [0.15, 0.2) is 24.3 Å². The van der Waals surface area contributed by atoms with Gasteiger partial charge >= 0.3 is 0 Å². The molecule has 1 aliphatic rings. The van der Waals surface area contributed by atoms with Gasteiger partial charge in [-0.3, -0.25) is 0 Å². The van der Waals surface area contributed by atoms with Gasteiger partial charge in [-0.05, 0) is 49.4 Å². The van der Waals surface area contributed by atoms with E-state index in [1.807, 2.05) is 12.1 Å². The summed E-state index contributed by atoms with van der Waals surface area (Å²) in [6.07, 6.45) is 3.85. The van der Waals surface area contributed by atoms with Crippen molar-refractivity contribution >= 4 is 0 Å². The van der Waals surface area contributed by atoms with Crippen molar-refractivity contribution in [2.75, 3.05) is 6.54 Å². The lowest BCUT2D eigenvalue weighted by Gasteiger charge is -2.31. The Morgan fingerprint density at radius 3 is 3.11 bits per heavy atom. The molecule has 0 bridgehead atoms.